The maximum atomic E-state index is 12.1. The van der Waals surface area contributed by atoms with E-state index in [1.54, 1.807) is 11.8 Å². The fraction of sp³-hybridized carbons (Fsp3) is 0.400. The molecule has 4 heteroatoms. The van der Waals surface area contributed by atoms with Gasteiger partial charge in [0.2, 0.25) is 5.91 Å². The summed E-state index contributed by atoms with van der Waals surface area (Å²) in [4.78, 5) is 12.1. The molecule has 3 N–H and O–H groups in total. The van der Waals surface area contributed by atoms with Gasteiger partial charge in [-0.1, -0.05) is 24.3 Å². The Bertz CT molecular complexity index is 498. The third-order valence-corrected chi connectivity index (χ3v) is 4.31. The van der Waals surface area contributed by atoms with E-state index in [0.29, 0.717) is 6.54 Å². The molecule has 1 fully saturated rings. The highest BCUT2D eigenvalue weighted by atomic mass is 32.2. The lowest BCUT2D eigenvalue weighted by molar-refractivity contribution is -0.115. The highest BCUT2D eigenvalue weighted by Crippen LogP contribution is 2.26. The SMILES string of the molecule is NCC#Cc1cccc(NC(=O)C2CCCCS2)c1. The van der Waals surface area contributed by atoms with Gasteiger partial charge in [0.1, 0.15) is 0 Å². The van der Waals surface area contributed by atoms with Gasteiger partial charge in [-0.15, -0.1) is 11.8 Å². The van der Waals surface area contributed by atoms with Crippen molar-refractivity contribution in [1.82, 2.24) is 0 Å². The molecule has 1 heterocycles. The lowest BCUT2D eigenvalue weighted by Crippen LogP contribution is -2.27. The molecular formula is C15H18N2OS. The number of thioether (sulfide) groups is 1. The molecule has 1 unspecified atom stereocenters. The van der Waals surface area contributed by atoms with Crippen LogP contribution in [0.2, 0.25) is 0 Å². The zero-order valence-electron chi connectivity index (χ0n) is 10.8. The molecule has 100 valence electrons. The van der Waals surface area contributed by atoms with E-state index in [1.165, 1.54) is 6.42 Å². The van der Waals surface area contributed by atoms with Crippen LogP contribution in [0.1, 0.15) is 24.8 Å². The monoisotopic (exact) mass is 274 g/mol. The topological polar surface area (TPSA) is 55.1 Å². The van der Waals surface area contributed by atoms with E-state index in [-0.39, 0.29) is 11.2 Å². The molecule has 0 aromatic heterocycles. The van der Waals surface area contributed by atoms with Crippen LogP contribution in [0.5, 0.6) is 0 Å². The fourth-order valence-corrected chi connectivity index (χ4v) is 3.20. The molecule has 1 atom stereocenters. The van der Waals surface area contributed by atoms with E-state index in [9.17, 15) is 4.79 Å². The average Bonchev–Trinajstić information content (AvgIpc) is 2.46. The summed E-state index contributed by atoms with van der Waals surface area (Å²) < 4.78 is 0. The number of carbonyl (C=O) groups is 1. The van der Waals surface area contributed by atoms with E-state index < -0.39 is 0 Å². The Labute approximate surface area is 118 Å². The van der Waals surface area contributed by atoms with Crippen molar-refractivity contribution in [2.24, 2.45) is 5.73 Å². The summed E-state index contributed by atoms with van der Waals surface area (Å²) in [5.74, 6) is 6.96. The minimum atomic E-state index is 0.0903. The molecule has 3 nitrogen and oxygen atoms in total. The summed E-state index contributed by atoms with van der Waals surface area (Å²) in [6.45, 7) is 0.343. The third-order valence-electron chi connectivity index (χ3n) is 2.94. The molecular weight excluding hydrogens is 256 g/mol. The highest BCUT2D eigenvalue weighted by Gasteiger charge is 2.21. The number of nitrogens with two attached hydrogens (primary N) is 1. The van der Waals surface area contributed by atoms with E-state index >= 15 is 0 Å². The van der Waals surface area contributed by atoms with Crippen LogP contribution in [-0.4, -0.2) is 23.5 Å². The van der Waals surface area contributed by atoms with Crippen molar-refractivity contribution in [3.8, 4) is 11.8 Å². The Hall–Kier alpha value is -1.44. The second-order valence-corrected chi connectivity index (χ2v) is 5.74. The number of hydrogen-bond acceptors (Lipinski definition) is 3. The largest absolute Gasteiger partial charge is 0.325 e. The minimum Gasteiger partial charge on any atom is -0.325 e. The van der Waals surface area contributed by atoms with Crippen LogP contribution in [0.3, 0.4) is 0 Å². The predicted molar refractivity (Wildman–Crippen MR) is 81.1 cm³/mol. The van der Waals surface area contributed by atoms with Crippen LogP contribution in [0.25, 0.3) is 0 Å². The first-order chi connectivity index (χ1) is 9.29. The van der Waals surface area contributed by atoms with Gasteiger partial charge in [-0.3, -0.25) is 4.79 Å². The van der Waals surface area contributed by atoms with Crippen LogP contribution < -0.4 is 11.1 Å². The van der Waals surface area contributed by atoms with Gasteiger partial charge in [-0.2, -0.15) is 0 Å². The van der Waals surface area contributed by atoms with Crippen molar-refractivity contribution in [2.75, 3.05) is 17.6 Å². The van der Waals surface area contributed by atoms with Gasteiger partial charge < -0.3 is 11.1 Å². The molecule has 19 heavy (non-hydrogen) atoms. The minimum absolute atomic E-state index is 0.0903. The summed E-state index contributed by atoms with van der Waals surface area (Å²) in [7, 11) is 0. The van der Waals surface area contributed by atoms with E-state index in [4.69, 9.17) is 5.73 Å². The van der Waals surface area contributed by atoms with Crippen molar-refractivity contribution >= 4 is 23.4 Å². The molecule has 0 radical (unpaired) electrons. The van der Waals surface area contributed by atoms with Crippen molar-refractivity contribution < 1.29 is 4.79 Å². The molecule has 0 bridgehead atoms. The molecule has 1 saturated heterocycles. The predicted octanol–water partition coefficient (Wildman–Crippen LogP) is 2.22. The fourth-order valence-electron chi connectivity index (χ4n) is 2.00. The van der Waals surface area contributed by atoms with Crippen LogP contribution in [0.4, 0.5) is 5.69 Å². The molecule has 1 aromatic rings. The molecule has 0 saturated carbocycles. The Balaban J connectivity index is 1.99. The molecule has 1 amide bonds. The van der Waals surface area contributed by atoms with Crippen LogP contribution in [-0.2, 0) is 4.79 Å². The number of carbonyl (C=O) groups excluding carboxylic acids is 1. The number of rotatable bonds is 2. The maximum Gasteiger partial charge on any atom is 0.237 e. The lowest BCUT2D eigenvalue weighted by atomic mass is 10.1. The van der Waals surface area contributed by atoms with Crippen molar-refractivity contribution in [1.29, 1.82) is 0 Å². The van der Waals surface area contributed by atoms with E-state index in [1.807, 2.05) is 24.3 Å². The molecule has 1 aliphatic heterocycles. The van der Waals surface area contributed by atoms with Crippen molar-refractivity contribution in [3.63, 3.8) is 0 Å². The van der Waals surface area contributed by atoms with Crippen LogP contribution in [0, 0.1) is 11.8 Å². The third kappa shape index (κ3) is 4.30. The summed E-state index contributed by atoms with van der Waals surface area (Å²) in [6, 6.07) is 7.57. The van der Waals surface area contributed by atoms with Gasteiger partial charge in [0.05, 0.1) is 11.8 Å². The van der Waals surface area contributed by atoms with Gasteiger partial charge in [0.15, 0.2) is 0 Å². The van der Waals surface area contributed by atoms with Gasteiger partial charge in [0, 0.05) is 11.3 Å². The first-order valence-corrected chi connectivity index (χ1v) is 7.56. The first-order valence-electron chi connectivity index (χ1n) is 6.51. The van der Waals surface area contributed by atoms with Crippen molar-refractivity contribution in [2.45, 2.75) is 24.5 Å². The molecule has 0 aliphatic carbocycles. The Kier molecular flexibility index (Phi) is 5.31. The Morgan fingerprint density at radius 3 is 3.11 bits per heavy atom. The smallest absolute Gasteiger partial charge is 0.237 e. The number of amides is 1. The molecule has 1 aliphatic rings. The lowest BCUT2D eigenvalue weighted by Gasteiger charge is -2.20. The summed E-state index contributed by atoms with van der Waals surface area (Å²) in [6.07, 6.45) is 3.34. The number of anilines is 1. The highest BCUT2D eigenvalue weighted by molar-refractivity contribution is 8.00. The zero-order valence-corrected chi connectivity index (χ0v) is 11.6. The second-order valence-electron chi connectivity index (χ2n) is 4.43. The Morgan fingerprint density at radius 2 is 2.37 bits per heavy atom. The van der Waals surface area contributed by atoms with E-state index in [2.05, 4.69) is 17.2 Å². The Morgan fingerprint density at radius 1 is 1.47 bits per heavy atom. The number of nitrogens with one attached hydrogen (secondary N) is 1. The van der Waals surface area contributed by atoms with Gasteiger partial charge in [-0.25, -0.2) is 0 Å². The van der Waals surface area contributed by atoms with Gasteiger partial charge in [0.25, 0.3) is 0 Å². The standard InChI is InChI=1S/C15H18N2OS/c16-9-4-6-12-5-3-7-13(11-12)17-15(18)14-8-1-2-10-19-14/h3,5,7,11,14H,1-2,8-10,16H2,(H,17,18). The quantitative estimate of drug-likeness (QED) is 0.813. The molecule has 2 rings (SSSR count). The molecule has 1 aromatic carbocycles. The van der Waals surface area contributed by atoms with E-state index in [0.717, 1.165) is 29.8 Å². The summed E-state index contributed by atoms with van der Waals surface area (Å²) in [5.41, 5.74) is 7.03. The number of benzene rings is 1. The summed E-state index contributed by atoms with van der Waals surface area (Å²) >= 11 is 1.75. The second kappa shape index (κ2) is 7.22. The average molecular weight is 274 g/mol. The maximum absolute atomic E-state index is 12.1. The van der Waals surface area contributed by atoms with Gasteiger partial charge >= 0.3 is 0 Å². The normalized spacial score (nSPS) is 18.3. The molecule has 0 spiro atoms. The van der Waals surface area contributed by atoms with Gasteiger partial charge in [-0.05, 0) is 36.8 Å². The first kappa shape index (κ1) is 14.0. The van der Waals surface area contributed by atoms with Crippen molar-refractivity contribution in [3.05, 3.63) is 29.8 Å². The van der Waals surface area contributed by atoms with Crippen LogP contribution >= 0.6 is 11.8 Å². The van der Waals surface area contributed by atoms with Crippen LogP contribution in [0.15, 0.2) is 24.3 Å². The zero-order chi connectivity index (χ0) is 13.5. The number of hydrogen-bond donors (Lipinski definition) is 2. The summed E-state index contributed by atoms with van der Waals surface area (Å²) in [5, 5.41) is 3.06.